The van der Waals surface area contributed by atoms with Crippen LogP contribution in [0.5, 0.6) is 0 Å². The largest absolute Gasteiger partial charge is 0.391 e. The van der Waals surface area contributed by atoms with Gasteiger partial charge in [-0.15, -0.1) is 0 Å². The normalized spacial score (nSPS) is 21.0. The molecule has 1 aromatic heterocycles. The molecule has 0 aliphatic carbocycles. The first-order valence-corrected chi connectivity index (χ1v) is 7.22. The molecule has 2 atom stereocenters. The highest BCUT2D eigenvalue weighted by Crippen LogP contribution is 2.22. The van der Waals surface area contributed by atoms with E-state index >= 15 is 0 Å². The topological polar surface area (TPSA) is 100 Å². The van der Waals surface area contributed by atoms with Crippen LogP contribution >= 0.6 is 0 Å². The summed E-state index contributed by atoms with van der Waals surface area (Å²) in [5.74, 6) is 0.656. The minimum absolute atomic E-state index is 0.0294. The third-order valence-corrected chi connectivity index (χ3v) is 3.76. The molecule has 1 aliphatic rings. The summed E-state index contributed by atoms with van der Waals surface area (Å²) in [4.78, 5) is 16.6. The number of rotatable bonds is 4. The number of aliphatic hydroxyl groups excluding tert-OH is 1. The molecule has 2 heterocycles. The molecule has 0 bridgehead atoms. The minimum atomic E-state index is -0.422. The predicted octanol–water partition coefficient (Wildman–Crippen LogP) is 0.355. The number of amides is 1. The molecule has 0 saturated carbocycles. The summed E-state index contributed by atoms with van der Waals surface area (Å²) in [5, 5.41) is 19.5. The van der Waals surface area contributed by atoms with Crippen LogP contribution in [0.1, 0.15) is 16.2 Å². The van der Waals surface area contributed by atoms with Crippen LogP contribution in [-0.4, -0.2) is 46.9 Å². The summed E-state index contributed by atoms with van der Waals surface area (Å²) >= 11 is 0. The summed E-state index contributed by atoms with van der Waals surface area (Å²) in [6.45, 7) is 3.42. The van der Waals surface area contributed by atoms with Crippen molar-refractivity contribution in [2.24, 2.45) is 5.92 Å². The van der Waals surface area contributed by atoms with E-state index in [-0.39, 0.29) is 11.8 Å². The Balaban J connectivity index is 1.75. The van der Waals surface area contributed by atoms with Gasteiger partial charge in [0.25, 0.3) is 11.8 Å². The lowest BCUT2D eigenvalue weighted by Gasteiger charge is -2.14. The van der Waals surface area contributed by atoms with Gasteiger partial charge in [-0.3, -0.25) is 4.79 Å². The molecule has 1 aliphatic heterocycles. The van der Waals surface area contributed by atoms with Gasteiger partial charge >= 0.3 is 0 Å². The third-order valence-electron chi connectivity index (χ3n) is 3.76. The van der Waals surface area contributed by atoms with Gasteiger partial charge in [0, 0.05) is 25.6 Å². The molecular weight excluding hydrogens is 284 g/mol. The van der Waals surface area contributed by atoms with E-state index in [0.29, 0.717) is 42.5 Å². The van der Waals surface area contributed by atoms with Crippen molar-refractivity contribution in [3.05, 3.63) is 35.7 Å². The molecular formula is C15H18N4O3. The number of nitrogens with one attached hydrogen (secondary N) is 2. The summed E-state index contributed by atoms with van der Waals surface area (Å²) in [6, 6.07) is 7.09. The molecule has 1 saturated heterocycles. The molecule has 7 heteroatoms. The Morgan fingerprint density at radius 1 is 1.45 bits per heavy atom. The van der Waals surface area contributed by atoms with Crippen LogP contribution in [0.3, 0.4) is 0 Å². The minimum Gasteiger partial charge on any atom is -0.391 e. The number of benzene rings is 1. The van der Waals surface area contributed by atoms with E-state index in [2.05, 4.69) is 20.8 Å². The Hall–Kier alpha value is -2.25. The molecule has 1 fully saturated rings. The number of carbonyl (C=O) groups is 1. The zero-order chi connectivity index (χ0) is 15.5. The fourth-order valence-electron chi connectivity index (χ4n) is 2.52. The Morgan fingerprint density at radius 3 is 2.95 bits per heavy atom. The highest BCUT2D eigenvalue weighted by molar-refractivity contribution is 5.99. The average molecular weight is 302 g/mol. The van der Waals surface area contributed by atoms with E-state index in [1.807, 2.05) is 6.07 Å². The first-order valence-electron chi connectivity index (χ1n) is 7.22. The van der Waals surface area contributed by atoms with Gasteiger partial charge in [0.1, 0.15) is 0 Å². The van der Waals surface area contributed by atoms with Crippen molar-refractivity contribution in [2.45, 2.75) is 13.0 Å². The quantitative estimate of drug-likeness (QED) is 0.754. The van der Waals surface area contributed by atoms with Gasteiger partial charge in [-0.2, -0.15) is 4.98 Å². The van der Waals surface area contributed by atoms with Crippen molar-refractivity contribution in [3.63, 3.8) is 0 Å². The maximum atomic E-state index is 12.4. The molecule has 3 N–H and O–H groups in total. The Bertz CT molecular complexity index is 670. The van der Waals surface area contributed by atoms with Crippen molar-refractivity contribution >= 4 is 5.91 Å². The number of hydrogen-bond acceptors (Lipinski definition) is 6. The molecule has 2 aromatic rings. The van der Waals surface area contributed by atoms with E-state index in [0.717, 1.165) is 0 Å². The smallest absolute Gasteiger partial charge is 0.258 e. The van der Waals surface area contributed by atoms with Gasteiger partial charge in [0.05, 0.1) is 17.2 Å². The molecule has 0 radical (unpaired) electrons. The Morgan fingerprint density at radius 2 is 2.27 bits per heavy atom. The molecule has 22 heavy (non-hydrogen) atoms. The predicted molar refractivity (Wildman–Crippen MR) is 79.2 cm³/mol. The zero-order valence-corrected chi connectivity index (χ0v) is 12.2. The van der Waals surface area contributed by atoms with Gasteiger partial charge in [0.2, 0.25) is 0 Å². The van der Waals surface area contributed by atoms with Crippen molar-refractivity contribution < 1.29 is 14.4 Å². The second-order valence-electron chi connectivity index (χ2n) is 5.39. The van der Waals surface area contributed by atoms with Crippen LogP contribution in [0.25, 0.3) is 11.5 Å². The maximum Gasteiger partial charge on any atom is 0.258 e. The maximum absolute atomic E-state index is 12.4. The van der Waals surface area contributed by atoms with Gasteiger partial charge in [-0.25, -0.2) is 0 Å². The van der Waals surface area contributed by atoms with Crippen molar-refractivity contribution in [1.29, 1.82) is 0 Å². The lowest BCUT2D eigenvalue weighted by atomic mass is 10.0. The van der Waals surface area contributed by atoms with Gasteiger partial charge in [-0.05, 0) is 19.1 Å². The monoisotopic (exact) mass is 302 g/mol. The standard InChI is InChI=1S/C15H18N4O3/c1-9-18-15(22-19-9)12-5-3-2-4-11(12)14(21)17-7-10-6-16-8-13(10)20/h2-5,10,13,16,20H,6-8H2,1H3,(H,17,21). The van der Waals surface area contributed by atoms with E-state index in [9.17, 15) is 9.90 Å². The van der Waals surface area contributed by atoms with Crippen molar-refractivity contribution in [2.75, 3.05) is 19.6 Å². The highest BCUT2D eigenvalue weighted by Gasteiger charge is 2.25. The number of aryl methyl sites for hydroxylation is 1. The van der Waals surface area contributed by atoms with Crippen LogP contribution in [0.4, 0.5) is 0 Å². The highest BCUT2D eigenvalue weighted by atomic mass is 16.5. The molecule has 0 spiro atoms. The van der Waals surface area contributed by atoms with Crippen LogP contribution < -0.4 is 10.6 Å². The molecule has 1 aromatic carbocycles. The second-order valence-corrected chi connectivity index (χ2v) is 5.39. The summed E-state index contributed by atoms with van der Waals surface area (Å²) in [5.41, 5.74) is 1.08. The number of carbonyl (C=O) groups excluding carboxylic acids is 1. The van der Waals surface area contributed by atoms with E-state index < -0.39 is 6.10 Å². The molecule has 2 unspecified atom stereocenters. The van der Waals surface area contributed by atoms with Crippen LogP contribution in [0.15, 0.2) is 28.8 Å². The molecule has 3 rings (SSSR count). The van der Waals surface area contributed by atoms with Crippen molar-refractivity contribution in [3.8, 4) is 11.5 Å². The number of hydrogen-bond donors (Lipinski definition) is 3. The van der Waals surface area contributed by atoms with Gasteiger partial charge in [-0.1, -0.05) is 17.3 Å². The number of aromatic nitrogens is 2. The third kappa shape index (κ3) is 3.00. The van der Waals surface area contributed by atoms with Crippen LogP contribution in [0.2, 0.25) is 0 Å². The molecule has 116 valence electrons. The first kappa shape index (κ1) is 14.7. The van der Waals surface area contributed by atoms with Crippen molar-refractivity contribution in [1.82, 2.24) is 20.8 Å². The molecule has 1 amide bonds. The summed E-state index contributed by atoms with van der Waals surface area (Å²) in [7, 11) is 0. The van der Waals surface area contributed by atoms with Gasteiger partial charge in [0.15, 0.2) is 5.82 Å². The number of β-amino-alcohol motifs (C(OH)–C–C–N with tert-alkyl or cyclic N) is 1. The fourth-order valence-corrected chi connectivity index (χ4v) is 2.52. The van der Waals surface area contributed by atoms with E-state index in [1.165, 1.54) is 0 Å². The van der Waals surface area contributed by atoms with Crippen LogP contribution in [0, 0.1) is 12.8 Å². The molecule has 7 nitrogen and oxygen atoms in total. The van der Waals surface area contributed by atoms with Crippen LogP contribution in [-0.2, 0) is 0 Å². The summed E-state index contributed by atoms with van der Waals surface area (Å²) < 4.78 is 5.15. The lowest BCUT2D eigenvalue weighted by molar-refractivity contribution is 0.0927. The van der Waals surface area contributed by atoms with E-state index in [4.69, 9.17) is 4.52 Å². The second kappa shape index (κ2) is 6.25. The zero-order valence-electron chi connectivity index (χ0n) is 12.2. The van der Waals surface area contributed by atoms with E-state index in [1.54, 1.807) is 25.1 Å². The number of aliphatic hydroxyl groups is 1. The first-order chi connectivity index (χ1) is 10.6. The fraction of sp³-hybridized carbons (Fsp3) is 0.400. The average Bonchev–Trinajstić information content (AvgIpc) is 3.13. The lowest BCUT2D eigenvalue weighted by Crippen LogP contribution is -2.34. The Labute approximate surface area is 127 Å². The van der Waals surface area contributed by atoms with Gasteiger partial charge < -0.3 is 20.3 Å². The Kier molecular flexibility index (Phi) is 4.17. The SMILES string of the molecule is Cc1noc(-c2ccccc2C(=O)NCC2CNCC2O)n1. The summed E-state index contributed by atoms with van der Waals surface area (Å²) in [6.07, 6.45) is -0.422. The number of nitrogens with zero attached hydrogens (tertiary/aromatic N) is 2.